The Morgan fingerprint density at radius 1 is 0.966 bits per heavy atom. The van der Waals surface area contributed by atoms with E-state index in [4.69, 9.17) is 0 Å². The van der Waals surface area contributed by atoms with Crippen LogP contribution in [0.2, 0.25) is 0 Å². The second-order valence-electron chi connectivity index (χ2n) is 8.44. The molecule has 2 aromatic rings. The smallest absolute Gasteiger partial charge is 0.234 e. The number of likely N-dealkylation sites (tertiary alicyclic amines) is 1. The van der Waals surface area contributed by atoms with Gasteiger partial charge in [-0.3, -0.25) is 4.79 Å². The van der Waals surface area contributed by atoms with E-state index >= 15 is 0 Å². The number of benzene rings is 2. The van der Waals surface area contributed by atoms with Crippen LogP contribution in [0, 0.1) is 0 Å². The van der Waals surface area contributed by atoms with E-state index in [-0.39, 0.29) is 11.9 Å². The van der Waals surface area contributed by atoms with Gasteiger partial charge < -0.3 is 15.5 Å². The minimum Gasteiger partial charge on any atom is -0.348 e. The van der Waals surface area contributed by atoms with E-state index in [1.54, 1.807) is 0 Å². The summed E-state index contributed by atoms with van der Waals surface area (Å²) in [5.74, 6) is 0.123. The summed E-state index contributed by atoms with van der Waals surface area (Å²) in [6.07, 6.45) is 6.68. The summed E-state index contributed by atoms with van der Waals surface area (Å²) in [7, 11) is 0. The van der Waals surface area contributed by atoms with E-state index in [1.807, 2.05) is 0 Å². The molecule has 4 rings (SSSR count). The Morgan fingerprint density at radius 3 is 2.55 bits per heavy atom. The number of carbonyl (C=O) groups excluding carboxylic acids is 1. The molecule has 1 aliphatic carbocycles. The lowest BCUT2D eigenvalue weighted by Gasteiger charge is -2.32. The van der Waals surface area contributed by atoms with Crippen molar-refractivity contribution >= 4 is 5.91 Å². The molecule has 0 spiro atoms. The number of fused-ring (bicyclic) bond motifs is 1. The van der Waals surface area contributed by atoms with E-state index in [0.717, 1.165) is 58.2 Å². The van der Waals surface area contributed by atoms with Gasteiger partial charge in [-0.2, -0.15) is 0 Å². The minimum absolute atomic E-state index is 0.123. The first-order valence-electron chi connectivity index (χ1n) is 11.1. The fraction of sp³-hybridized carbons (Fsp3) is 0.480. The predicted octanol–water partition coefficient (Wildman–Crippen LogP) is 3.48. The lowest BCUT2D eigenvalue weighted by Crippen LogP contribution is -2.46. The van der Waals surface area contributed by atoms with Gasteiger partial charge in [0, 0.05) is 12.6 Å². The van der Waals surface area contributed by atoms with Gasteiger partial charge in [0.1, 0.15) is 0 Å². The molecule has 29 heavy (non-hydrogen) atoms. The van der Waals surface area contributed by atoms with Crippen LogP contribution in [0.4, 0.5) is 0 Å². The molecule has 1 atom stereocenters. The normalized spacial score (nSPS) is 20.2. The Labute approximate surface area is 174 Å². The molecular formula is C25H33N3O. The Morgan fingerprint density at radius 2 is 1.72 bits per heavy atom. The fourth-order valence-corrected chi connectivity index (χ4v) is 4.68. The van der Waals surface area contributed by atoms with Crippen molar-refractivity contribution in [2.75, 3.05) is 26.2 Å². The summed E-state index contributed by atoms with van der Waals surface area (Å²) in [5, 5.41) is 6.74. The monoisotopic (exact) mass is 391 g/mol. The van der Waals surface area contributed by atoms with Gasteiger partial charge in [-0.1, -0.05) is 54.6 Å². The highest BCUT2D eigenvalue weighted by molar-refractivity contribution is 5.78. The van der Waals surface area contributed by atoms with Crippen LogP contribution in [-0.2, 0) is 17.6 Å². The van der Waals surface area contributed by atoms with E-state index in [9.17, 15) is 4.79 Å². The molecule has 1 fully saturated rings. The van der Waals surface area contributed by atoms with Crippen molar-refractivity contribution in [1.29, 1.82) is 0 Å². The molecule has 154 valence electrons. The number of aryl methyl sites for hydroxylation is 1. The molecule has 1 aliphatic heterocycles. The lowest BCUT2D eigenvalue weighted by atomic mass is 9.88. The first kappa shape index (κ1) is 20.1. The van der Waals surface area contributed by atoms with Crippen LogP contribution in [-0.4, -0.2) is 43.0 Å². The maximum atomic E-state index is 12.5. The molecule has 2 aliphatic rings. The zero-order valence-electron chi connectivity index (χ0n) is 17.3. The van der Waals surface area contributed by atoms with Gasteiger partial charge >= 0.3 is 0 Å². The summed E-state index contributed by atoms with van der Waals surface area (Å²) >= 11 is 0. The van der Waals surface area contributed by atoms with Gasteiger partial charge in [0.05, 0.1) is 12.6 Å². The molecule has 1 heterocycles. The third kappa shape index (κ3) is 5.68. The van der Waals surface area contributed by atoms with Crippen LogP contribution in [0.15, 0.2) is 54.6 Å². The van der Waals surface area contributed by atoms with Crippen LogP contribution in [0.1, 0.15) is 48.4 Å². The van der Waals surface area contributed by atoms with Gasteiger partial charge in [-0.05, 0) is 68.3 Å². The Kier molecular flexibility index (Phi) is 6.96. The van der Waals surface area contributed by atoms with E-state index in [1.165, 1.54) is 16.7 Å². The van der Waals surface area contributed by atoms with Gasteiger partial charge in [-0.15, -0.1) is 0 Å². The number of carbonyl (C=O) groups is 1. The lowest BCUT2D eigenvalue weighted by molar-refractivity contribution is -0.121. The Hall–Kier alpha value is -2.17. The summed E-state index contributed by atoms with van der Waals surface area (Å²) < 4.78 is 0. The maximum absolute atomic E-state index is 12.5. The molecule has 4 heteroatoms. The zero-order chi connectivity index (χ0) is 19.9. The van der Waals surface area contributed by atoms with Crippen LogP contribution >= 0.6 is 0 Å². The molecule has 0 radical (unpaired) electrons. The third-order valence-electron chi connectivity index (χ3n) is 6.40. The van der Waals surface area contributed by atoms with Crippen molar-refractivity contribution in [3.05, 3.63) is 71.3 Å². The van der Waals surface area contributed by atoms with E-state index in [0.29, 0.717) is 12.6 Å². The molecule has 1 amide bonds. The van der Waals surface area contributed by atoms with Gasteiger partial charge in [0.2, 0.25) is 5.91 Å². The summed E-state index contributed by atoms with van der Waals surface area (Å²) in [6, 6.07) is 19.9. The van der Waals surface area contributed by atoms with Crippen molar-refractivity contribution < 1.29 is 4.79 Å². The first-order valence-corrected chi connectivity index (χ1v) is 11.1. The van der Waals surface area contributed by atoms with Crippen molar-refractivity contribution in [3.63, 3.8) is 0 Å². The number of hydrogen-bond donors (Lipinski definition) is 2. The highest BCUT2D eigenvalue weighted by Crippen LogP contribution is 2.29. The number of amides is 1. The first-order chi connectivity index (χ1) is 14.3. The number of nitrogens with one attached hydrogen (secondary N) is 2. The fourth-order valence-electron chi connectivity index (χ4n) is 4.68. The second kappa shape index (κ2) is 10.0. The van der Waals surface area contributed by atoms with Crippen LogP contribution in [0.3, 0.4) is 0 Å². The molecule has 0 bridgehead atoms. The average Bonchev–Trinajstić information content (AvgIpc) is 2.78. The standard InChI is InChI=1S/C25H33N3O/c29-25(27-24-12-6-10-21-9-4-5-11-23(21)24)19-26-22-14-17-28(18-15-22)16-13-20-7-2-1-3-8-20/h1-5,7-9,11,22,24,26H,6,10,12-19H2,(H,27,29). The van der Waals surface area contributed by atoms with Crippen molar-refractivity contribution in [2.45, 2.75) is 50.6 Å². The zero-order valence-corrected chi connectivity index (χ0v) is 17.3. The van der Waals surface area contributed by atoms with Crippen molar-refractivity contribution in [3.8, 4) is 0 Å². The Bertz CT molecular complexity index is 784. The predicted molar refractivity (Wildman–Crippen MR) is 118 cm³/mol. The van der Waals surface area contributed by atoms with Crippen molar-refractivity contribution in [1.82, 2.24) is 15.5 Å². The second-order valence-corrected chi connectivity index (χ2v) is 8.44. The van der Waals surface area contributed by atoms with E-state index in [2.05, 4.69) is 70.1 Å². The van der Waals surface area contributed by atoms with Gasteiger partial charge in [-0.25, -0.2) is 0 Å². The largest absolute Gasteiger partial charge is 0.348 e. The number of nitrogens with zero attached hydrogens (tertiary/aromatic N) is 1. The highest BCUT2D eigenvalue weighted by Gasteiger charge is 2.23. The quantitative estimate of drug-likeness (QED) is 0.760. The summed E-state index contributed by atoms with van der Waals surface area (Å²) in [4.78, 5) is 15.0. The van der Waals surface area contributed by atoms with E-state index < -0.39 is 0 Å². The van der Waals surface area contributed by atoms with Crippen LogP contribution in [0.5, 0.6) is 0 Å². The van der Waals surface area contributed by atoms with Crippen molar-refractivity contribution in [2.24, 2.45) is 0 Å². The molecule has 0 saturated carbocycles. The van der Waals surface area contributed by atoms with Gasteiger partial charge in [0.15, 0.2) is 0 Å². The highest BCUT2D eigenvalue weighted by atomic mass is 16.2. The minimum atomic E-state index is 0.123. The molecule has 2 N–H and O–H groups in total. The maximum Gasteiger partial charge on any atom is 0.234 e. The molecule has 1 unspecified atom stereocenters. The van der Waals surface area contributed by atoms with Gasteiger partial charge in [0.25, 0.3) is 0 Å². The topological polar surface area (TPSA) is 44.4 Å². The average molecular weight is 392 g/mol. The molecule has 2 aromatic carbocycles. The van der Waals surface area contributed by atoms with Crippen LogP contribution < -0.4 is 10.6 Å². The molecular weight excluding hydrogens is 358 g/mol. The Balaban J connectivity index is 1.16. The molecule has 1 saturated heterocycles. The number of rotatable bonds is 7. The van der Waals surface area contributed by atoms with Crippen LogP contribution in [0.25, 0.3) is 0 Å². The third-order valence-corrected chi connectivity index (χ3v) is 6.40. The molecule has 4 nitrogen and oxygen atoms in total. The summed E-state index contributed by atoms with van der Waals surface area (Å²) in [5.41, 5.74) is 4.10. The summed E-state index contributed by atoms with van der Waals surface area (Å²) in [6.45, 7) is 3.77. The number of piperidine rings is 1. The number of hydrogen-bond acceptors (Lipinski definition) is 3. The molecule has 0 aromatic heterocycles. The SMILES string of the molecule is O=C(CNC1CCN(CCc2ccccc2)CC1)NC1CCCc2ccccc21.